The average molecular weight is 333 g/mol. The molecule has 120 valence electrons. The van der Waals surface area contributed by atoms with Crippen LogP contribution >= 0.6 is 11.8 Å². The summed E-state index contributed by atoms with van der Waals surface area (Å²) in [6.07, 6.45) is 1.01. The molecule has 0 aliphatic carbocycles. The smallest absolute Gasteiger partial charge is 0.190 e. The summed E-state index contributed by atoms with van der Waals surface area (Å²) in [6.45, 7) is 3.07. The first-order chi connectivity index (χ1) is 11.8. The van der Waals surface area contributed by atoms with Crippen LogP contribution in [0.2, 0.25) is 0 Å². The fourth-order valence-electron chi connectivity index (χ4n) is 3.05. The van der Waals surface area contributed by atoms with E-state index >= 15 is 0 Å². The molecule has 0 bridgehead atoms. The first kappa shape index (κ1) is 15.2. The van der Waals surface area contributed by atoms with Crippen molar-refractivity contribution in [2.24, 2.45) is 0 Å². The molecular weight excluding hydrogens is 314 g/mol. The normalized spacial score (nSPS) is 13.1. The molecule has 24 heavy (non-hydrogen) atoms. The molecule has 3 aromatic rings. The van der Waals surface area contributed by atoms with Crippen molar-refractivity contribution < 1.29 is 0 Å². The van der Waals surface area contributed by atoms with Crippen molar-refractivity contribution in [3.05, 3.63) is 77.5 Å². The number of anilines is 2. The van der Waals surface area contributed by atoms with E-state index in [4.69, 9.17) is 9.97 Å². The zero-order valence-electron chi connectivity index (χ0n) is 13.6. The Balaban J connectivity index is 1.61. The van der Waals surface area contributed by atoms with E-state index in [0.29, 0.717) is 0 Å². The molecule has 1 aliphatic heterocycles. The zero-order chi connectivity index (χ0) is 16.4. The molecule has 0 saturated carbocycles. The maximum atomic E-state index is 4.86. The van der Waals surface area contributed by atoms with Crippen LogP contribution in [0.1, 0.15) is 16.8 Å². The van der Waals surface area contributed by atoms with E-state index in [0.717, 1.165) is 35.4 Å². The van der Waals surface area contributed by atoms with Crippen LogP contribution in [0.3, 0.4) is 0 Å². The van der Waals surface area contributed by atoms with Gasteiger partial charge >= 0.3 is 0 Å². The van der Waals surface area contributed by atoms with Gasteiger partial charge in [0.15, 0.2) is 5.16 Å². The van der Waals surface area contributed by atoms with Gasteiger partial charge in [-0.2, -0.15) is 0 Å². The third-order valence-corrected chi connectivity index (χ3v) is 5.21. The molecule has 3 nitrogen and oxygen atoms in total. The van der Waals surface area contributed by atoms with Gasteiger partial charge in [-0.25, -0.2) is 9.97 Å². The predicted octanol–water partition coefficient (Wildman–Crippen LogP) is 4.77. The van der Waals surface area contributed by atoms with Crippen LogP contribution in [0.15, 0.2) is 65.8 Å². The lowest BCUT2D eigenvalue weighted by molar-refractivity contribution is 0.915. The molecule has 2 aromatic carbocycles. The van der Waals surface area contributed by atoms with E-state index in [9.17, 15) is 0 Å². The highest BCUT2D eigenvalue weighted by atomic mass is 32.2. The lowest BCUT2D eigenvalue weighted by atomic mass is 10.2. The quantitative estimate of drug-likeness (QED) is 0.508. The minimum Gasteiger partial charge on any atom is -0.326 e. The molecule has 2 heterocycles. The van der Waals surface area contributed by atoms with Gasteiger partial charge in [0.05, 0.1) is 0 Å². The van der Waals surface area contributed by atoms with Crippen molar-refractivity contribution in [2.75, 3.05) is 11.4 Å². The SMILES string of the molecule is Cc1nc(SCc2ccccc2)nc2c1CCN2c1ccccc1. The first-order valence-electron chi connectivity index (χ1n) is 8.18. The lowest BCUT2D eigenvalue weighted by Crippen LogP contribution is -2.14. The van der Waals surface area contributed by atoms with E-state index < -0.39 is 0 Å². The lowest BCUT2D eigenvalue weighted by Gasteiger charge is -2.19. The van der Waals surface area contributed by atoms with Crippen LogP contribution in [0, 0.1) is 6.92 Å². The highest BCUT2D eigenvalue weighted by Crippen LogP contribution is 2.35. The molecule has 0 spiro atoms. The van der Waals surface area contributed by atoms with Gasteiger partial charge in [-0.05, 0) is 31.0 Å². The first-order valence-corrected chi connectivity index (χ1v) is 9.16. The fourth-order valence-corrected chi connectivity index (χ4v) is 3.89. The third kappa shape index (κ3) is 3.02. The minimum atomic E-state index is 0.859. The van der Waals surface area contributed by atoms with E-state index in [2.05, 4.69) is 60.4 Å². The third-order valence-electron chi connectivity index (χ3n) is 4.29. The molecular formula is C20H19N3S. The second kappa shape index (κ2) is 6.65. The molecule has 0 fully saturated rings. The Bertz CT molecular complexity index is 834. The number of aromatic nitrogens is 2. The highest BCUT2D eigenvalue weighted by Gasteiger charge is 2.25. The molecule has 0 atom stereocenters. The monoisotopic (exact) mass is 333 g/mol. The summed E-state index contributed by atoms with van der Waals surface area (Å²) in [5.41, 5.74) is 4.88. The van der Waals surface area contributed by atoms with E-state index in [-0.39, 0.29) is 0 Å². The number of benzene rings is 2. The molecule has 4 heteroatoms. The standard InChI is InChI=1S/C20H19N3S/c1-15-18-12-13-23(17-10-6-3-7-11-17)19(18)22-20(21-15)24-14-16-8-4-2-5-9-16/h2-11H,12-14H2,1H3. The minimum absolute atomic E-state index is 0.859. The van der Waals surface area contributed by atoms with Gasteiger partial charge in [0.2, 0.25) is 0 Å². The molecule has 1 aliphatic rings. The number of hydrogen-bond donors (Lipinski definition) is 0. The van der Waals surface area contributed by atoms with Crippen LogP contribution < -0.4 is 4.90 Å². The van der Waals surface area contributed by atoms with Crippen molar-refractivity contribution in [1.82, 2.24) is 9.97 Å². The number of hydrogen-bond acceptors (Lipinski definition) is 4. The molecule has 0 radical (unpaired) electrons. The van der Waals surface area contributed by atoms with Crippen molar-refractivity contribution in [2.45, 2.75) is 24.3 Å². The number of rotatable bonds is 4. The second-order valence-electron chi connectivity index (χ2n) is 5.91. The van der Waals surface area contributed by atoms with Crippen molar-refractivity contribution in [3.63, 3.8) is 0 Å². The van der Waals surface area contributed by atoms with Crippen LogP contribution in [-0.4, -0.2) is 16.5 Å². The Morgan fingerprint density at radius 3 is 2.42 bits per heavy atom. The summed E-state index contributed by atoms with van der Waals surface area (Å²) in [7, 11) is 0. The number of fused-ring (bicyclic) bond motifs is 1. The van der Waals surface area contributed by atoms with Crippen LogP contribution in [0.5, 0.6) is 0 Å². The predicted molar refractivity (Wildman–Crippen MR) is 99.9 cm³/mol. The summed E-state index contributed by atoms with van der Waals surface area (Å²) >= 11 is 1.70. The van der Waals surface area contributed by atoms with Crippen molar-refractivity contribution >= 4 is 23.3 Å². The van der Waals surface area contributed by atoms with Gasteiger partial charge in [0, 0.05) is 29.2 Å². The molecule has 0 N–H and O–H groups in total. The molecule has 0 amide bonds. The van der Waals surface area contributed by atoms with Gasteiger partial charge in [-0.15, -0.1) is 0 Å². The fraction of sp³-hybridized carbons (Fsp3) is 0.200. The summed E-state index contributed by atoms with van der Waals surface area (Å²) in [5, 5.41) is 0.859. The zero-order valence-corrected chi connectivity index (χ0v) is 14.5. The Morgan fingerprint density at radius 2 is 1.67 bits per heavy atom. The summed E-state index contributed by atoms with van der Waals surface area (Å²) in [6, 6.07) is 21.0. The second-order valence-corrected chi connectivity index (χ2v) is 6.85. The average Bonchev–Trinajstić information content (AvgIpc) is 3.06. The number of nitrogens with zero attached hydrogens (tertiary/aromatic N) is 3. The molecule has 0 saturated heterocycles. The Hall–Kier alpha value is -2.33. The topological polar surface area (TPSA) is 29.0 Å². The molecule has 0 unspecified atom stereocenters. The van der Waals surface area contributed by atoms with Gasteiger partial charge in [-0.3, -0.25) is 0 Å². The summed E-state index contributed by atoms with van der Waals surface area (Å²) < 4.78 is 0. The van der Waals surface area contributed by atoms with Gasteiger partial charge in [0.25, 0.3) is 0 Å². The molecule has 1 aromatic heterocycles. The number of aryl methyl sites for hydroxylation is 1. The van der Waals surface area contributed by atoms with Gasteiger partial charge < -0.3 is 4.90 Å². The maximum absolute atomic E-state index is 4.86. The Kier molecular flexibility index (Phi) is 4.22. The summed E-state index contributed by atoms with van der Waals surface area (Å²) in [4.78, 5) is 11.9. The number of thioether (sulfide) groups is 1. The van der Waals surface area contributed by atoms with Crippen LogP contribution in [0.25, 0.3) is 0 Å². The van der Waals surface area contributed by atoms with E-state index in [1.807, 2.05) is 12.1 Å². The van der Waals surface area contributed by atoms with Crippen LogP contribution in [0.4, 0.5) is 11.5 Å². The van der Waals surface area contributed by atoms with Crippen LogP contribution in [-0.2, 0) is 12.2 Å². The maximum Gasteiger partial charge on any atom is 0.190 e. The highest BCUT2D eigenvalue weighted by molar-refractivity contribution is 7.98. The van der Waals surface area contributed by atoms with Crippen molar-refractivity contribution in [1.29, 1.82) is 0 Å². The largest absolute Gasteiger partial charge is 0.326 e. The van der Waals surface area contributed by atoms with Gasteiger partial charge in [0.1, 0.15) is 5.82 Å². The molecule has 4 rings (SSSR count). The van der Waals surface area contributed by atoms with Crippen molar-refractivity contribution in [3.8, 4) is 0 Å². The Morgan fingerprint density at radius 1 is 0.958 bits per heavy atom. The van der Waals surface area contributed by atoms with E-state index in [1.54, 1.807) is 11.8 Å². The summed E-state index contributed by atoms with van der Waals surface area (Å²) in [5.74, 6) is 1.97. The van der Waals surface area contributed by atoms with E-state index in [1.165, 1.54) is 16.8 Å². The van der Waals surface area contributed by atoms with Gasteiger partial charge in [-0.1, -0.05) is 60.3 Å². The number of para-hydroxylation sites is 1. The Labute approximate surface area is 146 Å².